The number of amides is 1. The van der Waals surface area contributed by atoms with Crippen LogP contribution in [0, 0.1) is 10.6 Å². The molecule has 7 nitrogen and oxygen atoms in total. The molecule has 3 aromatic heterocycles. The number of H-pyrrole nitrogens is 1. The zero-order valence-corrected chi connectivity index (χ0v) is 18.0. The maximum Gasteiger partial charge on any atom is 0.243 e. The molecule has 0 aliphatic heterocycles. The lowest BCUT2D eigenvalue weighted by Crippen LogP contribution is -2.31. The molecule has 0 saturated heterocycles. The van der Waals surface area contributed by atoms with Crippen molar-refractivity contribution in [3.05, 3.63) is 76.3 Å². The SMILES string of the molecule is CC(C(=O)NCc1ccc(Oc2ccc(F)cc2)nc1)n1c(-c2cccs2)n[nH]c1=S. The molecular formula is C21H18FN5O2S2. The third kappa shape index (κ3) is 4.86. The first kappa shape index (κ1) is 20.9. The minimum absolute atomic E-state index is 0.193. The predicted octanol–water partition coefficient (Wildman–Crippen LogP) is 4.87. The minimum Gasteiger partial charge on any atom is -0.439 e. The van der Waals surface area contributed by atoms with Crippen molar-refractivity contribution in [2.24, 2.45) is 0 Å². The Morgan fingerprint density at radius 1 is 1.29 bits per heavy atom. The maximum atomic E-state index is 13.0. The lowest BCUT2D eigenvalue weighted by molar-refractivity contribution is -0.124. The van der Waals surface area contributed by atoms with Gasteiger partial charge >= 0.3 is 0 Å². The molecule has 1 atom stereocenters. The molecule has 0 aliphatic rings. The van der Waals surface area contributed by atoms with Crippen LogP contribution in [0.5, 0.6) is 11.6 Å². The van der Waals surface area contributed by atoms with Crippen molar-refractivity contribution in [2.45, 2.75) is 19.5 Å². The molecule has 0 fully saturated rings. The van der Waals surface area contributed by atoms with Gasteiger partial charge in [-0.3, -0.25) is 14.5 Å². The zero-order valence-electron chi connectivity index (χ0n) is 16.4. The van der Waals surface area contributed by atoms with E-state index in [0.29, 0.717) is 28.8 Å². The smallest absolute Gasteiger partial charge is 0.243 e. The number of nitrogens with one attached hydrogen (secondary N) is 2. The first-order chi connectivity index (χ1) is 15.0. The van der Waals surface area contributed by atoms with Crippen LogP contribution in [-0.4, -0.2) is 25.7 Å². The Kier molecular flexibility index (Phi) is 6.19. The third-order valence-corrected chi connectivity index (χ3v) is 5.67. The van der Waals surface area contributed by atoms with Gasteiger partial charge in [-0.15, -0.1) is 11.3 Å². The molecule has 10 heteroatoms. The van der Waals surface area contributed by atoms with E-state index in [-0.39, 0.29) is 11.7 Å². The van der Waals surface area contributed by atoms with Crippen LogP contribution in [0.4, 0.5) is 4.39 Å². The van der Waals surface area contributed by atoms with Crippen molar-refractivity contribution in [3.8, 4) is 22.3 Å². The van der Waals surface area contributed by atoms with Crippen LogP contribution in [0.15, 0.2) is 60.1 Å². The summed E-state index contributed by atoms with van der Waals surface area (Å²) in [6.07, 6.45) is 1.62. The average Bonchev–Trinajstić information content (AvgIpc) is 3.44. The average molecular weight is 456 g/mol. The largest absolute Gasteiger partial charge is 0.439 e. The second kappa shape index (κ2) is 9.19. The number of halogens is 1. The molecule has 0 spiro atoms. The van der Waals surface area contributed by atoms with Crippen LogP contribution in [0.3, 0.4) is 0 Å². The summed E-state index contributed by atoms with van der Waals surface area (Å²) < 4.78 is 20.6. The number of pyridine rings is 1. The molecule has 1 aromatic carbocycles. The van der Waals surface area contributed by atoms with E-state index in [4.69, 9.17) is 17.0 Å². The standard InChI is InChI=1S/C21H18FN5O2S2/c1-13(27-19(25-26-21(27)30)17-3-2-10-31-17)20(28)24-12-14-4-9-18(23-11-14)29-16-7-5-15(22)6-8-16/h2-11,13H,12H2,1H3,(H,24,28)(H,26,30). The minimum atomic E-state index is -0.544. The van der Waals surface area contributed by atoms with Gasteiger partial charge < -0.3 is 10.1 Å². The van der Waals surface area contributed by atoms with Gasteiger partial charge in [-0.1, -0.05) is 12.1 Å². The quantitative estimate of drug-likeness (QED) is 0.388. The molecule has 0 saturated carbocycles. The van der Waals surface area contributed by atoms with Crippen LogP contribution in [0.25, 0.3) is 10.7 Å². The molecule has 4 aromatic rings. The van der Waals surface area contributed by atoms with E-state index in [1.54, 1.807) is 29.8 Å². The van der Waals surface area contributed by atoms with E-state index in [1.165, 1.54) is 35.6 Å². The van der Waals surface area contributed by atoms with Crippen molar-refractivity contribution in [3.63, 3.8) is 0 Å². The van der Waals surface area contributed by atoms with Gasteiger partial charge in [0.05, 0.1) is 4.88 Å². The molecule has 31 heavy (non-hydrogen) atoms. The number of benzene rings is 1. The van der Waals surface area contributed by atoms with Gasteiger partial charge in [0.25, 0.3) is 0 Å². The Hall–Kier alpha value is -3.37. The van der Waals surface area contributed by atoms with Crippen LogP contribution in [-0.2, 0) is 11.3 Å². The summed E-state index contributed by atoms with van der Waals surface area (Å²) >= 11 is 6.85. The van der Waals surface area contributed by atoms with E-state index < -0.39 is 6.04 Å². The fourth-order valence-corrected chi connectivity index (χ4v) is 3.90. The Labute approximate surface area is 186 Å². The number of thiophene rings is 1. The van der Waals surface area contributed by atoms with Crippen molar-refractivity contribution >= 4 is 29.5 Å². The number of aromatic amines is 1. The van der Waals surface area contributed by atoms with Crippen molar-refractivity contribution in [1.82, 2.24) is 25.1 Å². The maximum absolute atomic E-state index is 13.0. The third-order valence-electron chi connectivity index (χ3n) is 4.51. The fourth-order valence-electron chi connectivity index (χ4n) is 2.90. The highest BCUT2D eigenvalue weighted by Gasteiger charge is 2.21. The van der Waals surface area contributed by atoms with Crippen LogP contribution < -0.4 is 10.1 Å². The fraction of sp³-hybridized carbons (Fsp3) is 0.143. The van der Waals surface area contributed by atoms with Gasteiger partial charge in [-0.25, -0.2) is 9.37 Å². The Morgan fingerprint density at radius 3 is 2.77 bits per heavy atom. The summed E-state index contributed by atoms with van der Waals surface area (Å²) in [6, 6.07) is 12.5. The topological polar surface area (TPSA) is 84.8 Å². The molecule has 3 heterocycles. The summed E-state index contributed by atoms with van der Waals surface area (Å²) in [5, 5.41) is 11.9. The number of ether oxygens (including phenoxy) is 1. The van der Waals surface area contributed by atoms with Crippen LogP contribution in [0.1, 0.15) is 18.5 Å². The molecule has 1 unspecified atom stereocenters. The van der Waals surface area contributed by atoms with Gasteiger partial charge in [0, 0.05) is 18.8 Å². The Morgan fingerprint density at radius 2 is 2.10 bits per heavy atom. The molecule has 1 amide bonds. The van der Waals surface area contributed by atoms with E-state index in [0.717, 1.165) is 10.4 Å². The van der Waals surface area contributed by atoms with Gasteiger partial charge in [0.1, 0.15) is 17.6 Å². The highest BCUT2D eigenvalue weighted by atomic mass is 32.1. The van der Waals surface area contributed by atoms with Gasteiger partial charge in [0.2, 0.25) is 11.8 Å². The van der Waals surface area contributed by atoms with E-state index in [1.807, 2.05) is 17.5 Å². The second-order valence-corrected chi connectivity index (χ2v) is 7.99. The van der Waals surface area contributed by atoms with E-state index >= 15 is 0 Å². The van der Waals surface area contributed by atoms with E-state index in [9.17, 15) is 9.18 Å². The first-order valence-corrected chi connectivity index (χ1v) is 10.7. The highest BCUT2D eigenvalue weighted by Crippen LogP contribution is 2.25. The normalized spacial score (nSPS) is 11.8. The summed E-state index contributed by atoms with van der Waals surface area (Å²) in [6.45, 7) is 2.07. The van der Waals surface area contributed by atoms with Crippen LogP contribution in [0.2, 0.25) is 0 Å². The second-order valence-electron chi connectivity index (χ2n) is 6.65. The molecule has 0 bridgehead atoms. The van der Waals surface area contributed by atoms with Gasteiger partial charge in [-0.2, -0.15) is 5.10 Å². The van der Waals surface area contributed by atoms with E-state index in [2.05, 4.69) is 20.5 Å². The van der Waals surface area contributed by atoms with Gasteiger partial charge in [0.15, 0.2) is 10.6 Å². The number of nitrogens with zero attached hydrogens (tertiary/aromatic N) is 3. The molecule has 158 valence electrons. The molecule has 4 rings (SSSR count). The number of carbonyl (C=O) groups is 1. The van der Waals surface area contributed by atoms with Gasteiger partial charge in [-0.05, 0) is 60.4 Å². The number of rotatable bonds is 7. The zero-order chi connectivity index (χ0) is 21.8. The van der Waals surface area contributed by atoms with Crippen molar-refractivity contribution in [1.29, 1.82) is 0 Å². The summed E-state index contributed by atoms with van der Waals surface area (Å²) in [7, 11) is 0. The Bertz CT molecular complexity index is 1220. The summed E-state index contributed by atoms with van der Waals surface area (Å²) in [5.41, 5.74) is 0.807. The molecular weight excluding hydrogens is 437 g/mol. The first-order valence-electron chi connectivity index (χ1n) is 9.38. The number of hydrogen-bond acceptors (Lipinski definition) is 6. The van der Waals surface area contributed by atoms with Crippen LogP contribution >= 0.6 is 23.6 Å². The monoisotopic (exact) mass is 455 g/mol. The predicted molar refractivity (Wildman–Crippen MR) is 118 cm³/mol. The summed E-state index contributed by atoms with van der Waals surface area (Å²) in [4.78, 5) is 17.9. The highest BCUT2D eigenvalue weighted by molar-refractivity contribution is 7.71. The lowest BCUT2D eigenvalue weighted by Gasteiger charge is -2.15. The lowest BCUT2D eigenvalue weighted by atomic mass is 10.2. The summed E-state index contributed by atoms with van der Waals surface area (Å²) in [5.74, 6) is 0.968. The number of hydrogen-bond donors (Lipinski definition) is 2. The Balaban J connectivity index is 1.38. The molecule has 0 radical (unpaired) electrons. The molecule has 0 aliphatic carbocycles. The van der Waals surface area contributed by atoms with Crippen molar-refractivity contribution < 1.29 is 13.9 Å². The number of carbonyl (C=O) groups excluding carboxylic acids is 1. The molecule has 2 N–H and O–H groups in total. The number of aromatic nitrogens is 4. The van der Waals surface area contributed by atoms with Crippen molar-refractivity contribution in [2.75, 3.05) is 0 Å².